The lowest BCUT2D eigenvalue weighted by Gasteiger charge is -2.28. The van der Waals surface area contributed by atoms with E-state index < -0.39 is 0 Å². The Balaban J connectivity index is 2.05. The Labute approximate surface area is 91.6 Å². The van der Waals surface area contributed by atoms with Crippen LogP contribution in [0.4, 0.5) is 0 Å². The maximum absolute atomic E-state index is 11.8. The van der Waals surface area contributed by atoms with Gasteiger partial charge in [0.2, 0.25) is 5.91 Å². The number of hydrogen-bond donors (Lipinski definition) is 1. The van der Waals surface area contributed by atoms with Crippen LogP contribution in [0, 0.1) is 5.92 Å². The molecular weight excluding hydrogens is 190 g/mol. The molecule has 1 amide bonds. The van der Waals surface area contributed by atoms with Gasteiger partial charge in [-0.25, -0.2) is 0 Å². The highest BCUT2D eigenvalue weighted by Crippen LogP contribution is 2.30. The van der Waals surface area contributed by atoms with E-state index >= 15 is 0 Å². The van der Waals surface area contributed by atoms with E-state index in [0.717, 1.165) is 32.1 Å². The second-order valence-electron chi connectivity index (χ2n) is 4.89. The first kappa shape index (κ1) is 10.9. The molecular formula is C12H21NO2. The number of fused-ring (bicyclic) bond motifs is 2. The zero-order valence-corrected chi connectivity index (χ0v) is 9.66. The van der Waals surface area contributed by atoms with E-state index in [1.54, 1.807) is 0 Å². The molecule has 86 valence electrons. The van der Waals surface area contributed by atoms with Gasteiger partial charge in [-0.15, -0.1) is 0 Å². The number of nitrogens with one attached hydrogen (secondary N) is 1. The lowest BCUT2D eigenvalue weighted by atomic mass is 10.0. The van der Waals surface area contributed by atoms with Crippen molar-refractivity contribution in [2.45, 2.75) is 64.2 Å². The lowest BCUT2D eigenvalue weighted by molar-refractivity contribution is -0.132. The SMILES string of the molecule is CCC[C@H]1C[C@@H]2CC[C@@H](O2)[C@@H](C)C(=O)N1. The van der Waals surface area contributed by atoms with Gasteiger partial charge in [0.05, 0.1) is 18.1 Å². The van der Waals surface area contributed by atoms with E-state index in [1.165, 1.54) is 0 Å². The molecule has 2 aliphatic heterocycles. The molecule has 2 bridgehead atoms. The Bertz CT molecular complexity index is 242. The van der Waals surface area contributed by atoms with Crippen molar-refractivity contribution in [2.24, 2.45) is 5.92 Å². The molecule has 2 saturated heterocycles. The Morgan fingerprint density at radius 1 is 1.47 bits per heavy atom. The van der Waals surface area contributed by atoms with Gasteiger partial charge in [-0.2, -0.15) is 0 Å². The van der Waals surface area contributed by atoms with Crippen LogP contribution in [-0.4, -0.2) is 24.2 Å². The van der Waals surface area contributed by atoms with Gasteiger partial charge in [0.1, 0.15) is 0 Å². The highest BCUT2D eigenvalue weighted by Gasteiger charge is 2.37. The quantitative estimate of drug-likeness (QED) is 0.757. The van der Waals surface area contributed by atoms with Gasteiger partial charge in [-0.05, 0) is 25.7 Å². The third-order valence-corrected chi connectivity index (χ3v) is 3.64. The monoisotopic (exact) mass is 211 g/mol. The third kappa shape index (κ3) is 2.33. The molecule has 3 heteroatoms. The van der Waals surface area contributed by atoms with E-state index in [1.807, 2.05) is 6.92 Å². The Morgan fingerprint density at radius 2 is 2.27 bits per heavy atom. The molecule has 4 atom stereocenters. The number of ether oxygens (including phenoxy) is 1. The predicted molar refractivity (Wildman–Crippen MR) is 58.5 cm³/mol. The fourth-order valence-corrected chi connectivity index (χ4v) is 2.69. The van der Waals surface area contributed by atoms with Crippen LogP contribution in [0.5, 0.6) is 0 Å². The van der Waals surface area contributed by atoms with E-state index in [0.29, 0.717) is 12.1 Å². The van der Waals surface area contributed by atoms with E-state index in [2.05, 4.69) is 12.2 Å². The molecule has 2 rings (SSSR count). The minimum absolute atomic E-state index is 0.0228. The highest BCUT2D eigenvalue weighted by molar-refractivity contribution is 5.79. The topological polar surface area (TPSA) is 38.3 Å². The molecule has 0 aromatic carbocycles. The van der Waals surface area contributed by atoms with Crippen molar-refractivity contribution in [3.8, 4) is 0 Å². The molecule has 0 spiro atoms. The summed E-state index contributed by atoms with van der Waals surface area (Å²) < 4.78 is 5.90. The summed E-state index contributed by atoms with van der Waals surface area (Å²) in [6.45, 7) is 4.14. The van der Waals surface area contributed by atoms with Gasteiger partial charge < -0.3 is 10.1 Å². The summed E-state index contributed by atoms with van der Waals surface area (Å²) in [4.78, 5) is 11.8. The molecule has 0 radical (unpaired) electrons. The van der Waals surface area contributed by atoms with Crippen molar-refractivity contribution >= 4 is 5.91 Å². The van der Waals surface area contributed by atoms with Crippen molar-refractivity contribution in [3.05, 3.63) is 0 Å². The Hall–Kier alpha value is -0.570. The minimum Gasteiger partial charge on any atom is -0.374 e. The summed E-state index contributed by atoms with van der Waals surface area (Å²) in [6.07, 6.45) is 5.93. The van der Waals surface area contributed by atoms with E-state index in [-0.39, 0.29) is 17.9 Å². The molecule has 15 heavy (non-hydrogen) atoms. The molecule has 0 saturated carbocycles. The van der Waals surface area contributed by atoms with Gasteiger partial charge in [-0.3, -0.25) is 4.79 Å². The zero-order valence-electron chi connectivity index (χ0n) is 9.66. The van der Waals surface area contributed by atoms with E-state index in [4.69, 9.17) is 4.74 Å². The first-order chi connectivity index (χ1) is 7.20. The molecule has 1 N–H and O–H groups in total. The van der Waals surface area contributed by atoms with Crippen LogP contribution in [0.2, 0.25) is 0 Å². The van der Waals surface area contributed by atoms with Gasteiger partial charge in [0.15, 0.2) is 0 Å². The van der Waals surface area contributed by atoms with Crippen LogP contribution in [-0.2, 0) is 9.53 Å². The van der Waals surface area contributed by atoms with Crippen molar-refractivity contribution in [3.63, 3.8) is 0 Å². The van der Waals surface area contributed by atoms with Gasteiger partial charge in [0.25, 0.3) is 0 Å². The zero-order chi connectivity index (χ0) is 10.8. The predicted octanol–water partition coefficient (Wildman–Crippen LogP) is 1.86. The summed E-state index contributed by atoms with van der Waals surface area (Å²) >= 11 is 0. The molecule has 0 unspecified atom stereocenters. The first-order valence-electron chi connectivity index (χ1n) is 6.16. The standard InChI is InChI=1S/C12H21NO2/c1-3-4-9-7-10-5-6-11(15-10)8(2)12(14)13-9/h8-11H,3-7H2,1-2H3,(H,13,14)/t8-,9+,10+,11-/m1/s1. The number of amides is 1. The van der Waals surface area contributed by atoms with Gasteiger partial charge in [-0.1, -0.05) is 20.3 Å². The van der Waals surface area contributed by atoms with Crippen molar-refractivity contribution in [1.82, 2.24) is 5.32 Å². The molecule has 2 fully saturated rings. The average Bonchev–Trinajstić information content (AvgIpc) is 2.65. The number of rotatable bonds is 2. The fraction of sp³-hybridized carbons (Fsp3) is 0.917. The van der Waals surface area contributed by atoms with Gasteiger partial charge >= 0.3 is 0 Å². The molecule has 3 nitrogen and oxygen atoms in total. The second-order valence-corrected chi connectivity index (χ2v) is 4.89. The minimum atomic E-state index is 0.0228. The first-order valence-corrected chi connectivity index (χ1v) is 6.16. The molecule has 0 aromatic heterocycles. The van der Waals surface area contributed by atoms with Crippen molar-refractivity contribution in [2.75, 3.05) is 0 Å². The highest BCUT2D eigenvalue weighted by atomic mass is 16.5. The van der Waals surface area contributed by atoms with Crippen LogP contribution < -0.4 is 5.32 Å². The maximum atomic E-state index is 11.8. The van der Waals surface area contributed by atoms with Crippen LogP contribution in [0.25, 0.3) is 0 Å². The van der Waals surface area contributed by atoms with E-state index in [9.17, 15) is 4.79 Å². The van der Waals surface area contributed by atoms with Crippen LogP contribution in [0.15, 0.2) is 0 Å². The summed E-state index contributed by atoms with van der Waals surface area (Å²) in [5.74, 6) is 0.202. The number of carbonyl (C=O) groups excluding carboxylic acids is 1. The maximum Gasteiger partial charge on any atom is 0.225 e. The summed E-state index contributed by atoms with van der Waals surface area (Å²) in [5, 5.41) is 3.15. The molecule has 0 aromatic rings. The van der Waals surface area contributed by atoms with Crippen molar-refractivity contribution < 1.29 is 9.53 Å². The fourth-order valence-electron chi connectivity index (χ4n) is 2.69. The van der Waals surface area contributed by atoms with Gasteiger partial charge in [0, 0.05) is 6.04 Å². The summed E-state index contributed by atoms with van der Waals surface area (Å²) in [5.41, 5.74) is 0. The summed E-state index contributed by atoms with van der Waals surface area (Å²) in [7, 11) is 0. The van der Waals surface area contributed by atoms with Crippen LogP contribution in [0.3, 0.4) is 0 Å². The Kier molecular flexibility index (Phi) is 3.29. The normalized spacial score (nSPS) is 40.8. The summed E-state index contributed by atoms with van der Waals surface area (Å²) in [6, 6.07) is 0.328. The number of carbonyl (C=O) groups is 1. The van der Waals surface area contributed by atoms with Crippen molar-refractivity contribution in [1.29, 1.82) is 0 Å². The van der Waals surface area contributed by atoms with Crippen LogP contribution >= 0.6 is 0 Å². The largest absolute Gasteiger partial charge is 0.374 e. The molecule has 0 aliphatic carbocycles. The smallest absolute Gasteiger partial charge is 0.225 e. The number of hydrogen-bond acceptors (Lipinski definition) is 2. The molecule has 2 heterocycles. The average molecular weight is 211 g/mol. The Morgan fingerprint density at radius 3 is 3.00 bits per heavy atom. The molecule has 2 aliphatic rings. The van der Waals surface area contributed by atoms with Crippen LogP contribution in [0.1, 0.15) is 46.0 Å². The third-order valence-electron chi connectivity index (χ3n) is 3.64. The lowest BCUT2D eigenvalue weighted by Crippen LogP contribution is -2.45. The second kappa shape index (κ2) is 4.52.